The van der Waals surface area contributed by atoms with Crippen LogP contribution in [-0.4, -0.2) is 28.3 Å². The van der Waals surface area contributed by atoms with E-state index in [1.165, 1.54) is 0 Å². The van der Waals surface area contributed by atoms with E-state index in [1.54, 1.807) is 0 Å². The Labute approximate surface area is 159 Å². The molecule has 1 aliphatic rings. The highest BCUT2D eigenvalue weighted by molar-refractivity contribution is 5.96. The molecule has 27 heavy (non-hydrogen) atoms. The Hall–Kier alpha value is -3.08. The SMILES string of the molecule is Cc1nn(-c2ccccc2)c(C)c1CC(=O)N1CC(C)Oc2ccccc21. The van der Waals surface area contributed by atoms with Crippen LogP contribution in [0.15, 0.2) is 54.6 Å². The molecule has 0 bridgehead atoms. The Kier molecular flexibility index (Phi) is 4.44. The second-order valence-corrected chi connectivity index (χ2v) is 6.97. The largest absolute Gasteiger partial charge is 0.487 e. The first-order valence-corrected chi connectivity index (χ1v) is 9.21. The van der Waals surface area contributed by atoms with Gasteiger partial charge in [0.05, 0.1) is 30.0 Å². The Morgan fingerprint density at radius 1 is 1.11 bits per heavy atom. The summed E-state index contributed by atoms with van der Waals surface area (Å²) in [5, 5.41) is 4.66. The van der Waals surface area contributed by atoms with E-state index in [0.29, 0.717) is 13.0 Å². The number of benzene rings is 2. The van der Waals surface area contributed by atoms with Crippen molar-refractivity contribution >= 4 is 11.6 Å². The summed E-state index contributed by atoms with van der Waals surface area (Å²) in [4.78, 5) is 15.0. The molecule has 1 atom stereocenters. The van der Waals surface area contributed by atoms with Crippen LogP contribution in [0.2, 0.25) is 0 Å². The number of ether oxygens (including phenoxy) is 1. The number of para-hydroxylation sites is 3. The first-order valence-electron chi connectivity index (χ1n) is 9.21. The summed E-state index contributed by atoms with van der Waals surface area (Å²) in [5.74, 6) is 0.828. The van der Waals surface area contributed by atoms with Gasteiger partial charge in [0.2, 0.25) is 5.91 Å². The first-order chi connectivity index (χ1) is 13.0. The molecule has 0 N–H and O–H groups in total. The number of hydrogen-bond donors (Lipinski definition) is 0. The Bertz CT molecular complexity index is 978. The van der Waals surface area contributed by atoms with E-state index in [-0.39, 0.29) is 12.0 Å². The molecule has 0 radical (unpaired) electrons. The quantitative estimate of drug-likeness (QED) is 0.712. The van der Waals surface area contributed by atoms with Crippen molar-refractivity contribution in [1.82, 2.24) is 9.78 Å². The average Bonchev–Trinajstić information content (AvgIpc) is 2.96. The zero-order chi connectivity index (χ0) is 19.0. The van der Waals surface area contributed by atoms with Gasteiger partial charge in [0.25, 0.3) is 0 Å². The van der Waals surface area contributed by atoms with Gasteiger partial charge >= 0.3 is 0 Å². The molecule has 2 aromatic carbocycles. The normalized spacial score (nSPS) is 16.0. The second-order valence-electron chi connectivity index (χ2n) is 6.97. The second kappa shape index (κ2) is 6.91. The zero-order valence-corrected chi connectivity index (χ0v) is 15.8. The maximum Gasteiger partial charge on any atom is 0.231 e. The molecule has 0 aliphatic carbocycles. The highest BCUT2D eigenvalue weighted by atomic mass is 16.5. The van der Waals surface area contributed by atoms with Crippen LogP contribution in [0.4, 0.5) is 5.69 Å². The van der Waals surface area contributed by atoms with Crippen molar-refractivity contribution in [2.24, 2.45) is 0 Å². The van der Waals surface area contributed by atoms with Crippen LogP contribution < -0.4 is 9.64 Å². The van der Waals surface area contributed by atoms with Crippen molar-refractivity contribution in [2.75, 3.05) is 11.4 Å². The number of fused-ring (bicyclic) bond motifs is 1. The number of carbonyl (C=O) groups is 1. The molecule has 4 rings (SSSR count). The highest BCUT2D eigenvalue weighted by Crippen LogP contribution is 2.33. The number of amides is 1. The van der Waals surface area contributed by atoms with Crippen LogP contribution in [0.3, 0.4) is 0 Å². The smallest absolute Gasteiger partial charge is 0.231 e. The minimum absolute atomic E-state index is 0.0296. The number of rotatable bonds is 3. The van der Waals surface area contributed by atoms with E-state index in [0.717, 1.165) is 34.1 Å². The molecule has 2 heterocycles. The Balaban J connectivity index is 1.64. The van der Waals surface area contributed by atoms with Crippen LogP contribution >= 0.6 is 0 Å². The third-order valence-electron chi connectivity index (χ3n) is 4.99. The van der Waals surface area contributed by atoms with Gasteiger partial charge in [0.1, 0.15) is 11.9 Å². The topological polar surface area (TPSA) is 47.4 Å². The average molecular weight is 361 g/mol. The molecule has 0 spiro atoms. The molecule has 3 aromatic rings. The van der Waals surface area contributed by atoms with Gasteiger partial charge in [0, 0.05) is 11.3 Å². The van der Waals surface area contributed by atoms with Crippen LogP contribution in [0.5, 0.6) is 5.75 Å². The van der Waals surface area contributed by atoms with Gasteiger partial charge in [-0.1, -0.05) is 30.3 Å². The number of nitrogens with zero attached hydrogens (tertiary/aromatic N) is 3. The fourth-order valence-corrected chi connectivity index (χ4v) is 3.62. The minimum Gasteiger partial charge on any atom is -0.487 e. The lowest BCUT2D eigenvalue weighted by atomic mass is 10.1. The van der Waals surface area contributed by atoms with Crippen molar-refractivity contribution in [2.45, 2.75) is 33.3 Å². The first kappa shape index (κ1) is 17.3. The predicted octanol–water partition coefficient (Wildman–Crippen LogP) is 3.85. The lowest BCUT2D eigenvalue weighted by Gasteiger charge is -2.33. The molecule has 0 fully saturated rings. The number of anilines is 1. The lowest BCUT2D eigenvalue weighted by molar-refractivity contribution is -0.118. The van der Waals surface area contributed by atoms with E-state index in [1.807, 2.05) is 85.0 Å². The third kappa shape index (κ3) is 3.21. The Morgan fingerprint density at radius 3 is 2.59 bits per heavy atom. The minimum atomic E-state index is -0.0296. The van der Waals surface area contributed by atoms with Gasteiger partial charge in [-0.15, -0.1) is 0 Å². The summed E-state index contributed by atoms with van der Waals surface area (Å²) in [5.41, 5.74) is 4.72. The monoisotopic (exact) mass is 361 g/mol. The molecule has 1 aromatic heterocycles. The van der Waals surface area contributed by atoms with Crippen molar-refractivity contribution in [3.63, 3.8) is 0 Å². The van der Waals surface area contributed by atoms with Crippen molar-refractivity contribution < 1.29 is 9.53 Å². The van der Waals surface area contributed by atoms with Gasteiger partial charge in [-0.3, -0.25) is 4.79 Å². The lowest BCUT2D eigenvalue weighted by Crippen LogP contribution is -2.43. The summed E-state index contributed by atoms with van der Waals surface area (Å²) in [6, 6.07) is 17.7. The molecular formula is C22H23N3O2. The van der Waals surface area contributed by atoms with E-state index in [9.17, 15) is 4.79 Å². The van der Waals surface area contributed by atoms with Gasteiger partial charge in [-0.25, -0.2) is 4.68 Å². The van der Waals surface area contributed by atoms with Crippen molar-refractivity contribution in [3.8, 4) is 11.4 Å². The summed E-state index contributed by atoms with van der Waals surface area (Å²) < 4.78 is 7.77. The number of aromatic nitrogens is 2. The zero-order valence-electron chi connectivity index (χ0n) is 15.8. The fourth-order valence-electron chi connectivity index (χ4n) is 3.62. The Morgan fingerprint density at radius 2 is 1.81 bits per heavy atom. The maximum absolute atomic E-state index is 13.2. The van der Waals surface area contributed by atoms with Crippen LogP contribution in [0.1, 0.15) is 23.9 Å². The molecule has 1 unspecified atom stereocenters. The molecule has 0 saturated carbocycles. The number of hydrogen-bond acceptors (Lipinski definition) is 3. The van der Waals surface area contributed by atoms with Crippen LogP contribution in [-0.2, 0) is 11.2 Å². The van der Waals surface area contributed by atoms with Gasteiger partial charge in [-0.05, 0) is 45.0 Å². The predicted molar refractivity (Wildman–Crippen MR) is 106 cm³/mol. The van der Waals surface area contributed by atoms with E-state index >= 15 is 0 Å². The van der Waals surface area contributed by atoms with E-state index in [2.05, 4.69) is 5.10 Å². The summed E-state index contributed by atoms with van der Waals surface area (Å²) in [6.45, 7) is 6.53. The molecule has 0 saturated heterocycles. The number of carbonyl (C=O) groups excluding carboxylic acids is 1. The van der Waals surface area contributed by atoms with Crippen LogP contribution in [0, 0.1) is 13.8 Å². The fraction of sp³-hybridized carbons (Fsp3) is 0.273. The summed E-state index contributed by atoms with van der Waals surface area (Å²) in [6.07, 6.45) is 0.295. The van der Waals surface area contributed by atoms with Gasteiger partial charge in [0.15, 0.2) is 0 Å². The molecule has 5 heteroatoms. The van der Waals surface area contributed by atoms with Crippen molar-refractivity contribution in [3.05, 3.63) is 71.5 Å². The third-order valence-corrected chi connectivity index (χ3v) is 4.99. The summed E-state index contributed by atoms with van der Waals surface area (Å²) >= 11 is 0. The number of aryl methyl sites for hydroxylation is 1. The summed E-state index contributed by atoms with van der Waals surface area (Å²) in [7, 11) is 0. The molecular weight excluding hydrogens is 338 g/mol. The molecule has 1 aliphatic heterocycles. The molecule has 1 amide bonds. The van der Waals surface area contributed by atoms with Gasteiger partial charge < -0.3 is 9.64 Å². The van der Waals surface area contributed by atoms with Gasteiger partial charge in [-0.2, -0.15) is 5.10 Å². The van der Waals surface area contributed by atoms with E-state index in [4.69, 9.17) is 4.74 Å². The molecule has 138 valence electrons. The van der Waals surface area contributed by atoms with Crippen LogP contribution in [0.25, 0.3) is 5.69 Å². The highest BCUT2D eigenvalue weighted by Gasteiger charge is 2.28. The standard InChI is InChI=1S/C22H23N3O2/c1-15-14-24(20-11-7-8-12-21(20)27-15)22(26)13-19-16(2)23-25(17(19)3)18-9-5-4-6-10-18/h4-12,15H,13-14H2,1-3H3. The van der Waals surface area contributed by atoms with E-state index < -0.39 is 0 Å². The maximum atomic E-state index is 13.2. The van der Waals surface area contributed by atoms with Crippen molar-refractivity contribution in [1.29, 1.82) is 0 Å². The molecule has 5 nitrogen and oxygen atoms in total.